The summed E-state index contributed by atoms with van der Waals surface area (Å²) in [4.78, 5) is 13.2. The zero-order valence-electron chi connectivity index (χ0n) is 12.4. The highest BCUT2D eigenvalue weighted by atomic mass is 15.2. The average molecular weight is 294 g/mol. The molecular formula is C16H18N6. The van der Waals surface area contributed by atoms with Crippen LogP contribution in [0.3, 0.4) is 0 Å². The van der Waals surface area contributed by atoms with Gasteiger partial charge in [0.25, 0.3) is 0 Å². The lowest BCUT2D eigenvalue weighted by Crippen LogP contribution is -2.07. The lowest BCUT2D eigenvalue weighted by atomic mass is 10.2. The van der Waals surface area contributed by atoms with Crippen LogP contribution in [0.4, 0.5) is 11.6 Å². The highest BCUT2D eigenvalue weighted by Crippen LogP contribution is 2.22. The fourth-order valence-electron chi connectivity index (χ4n) is 2.18. The Balaban J connectivity index is 1.98. The SMILES string of the molecule is CCCNc1nccc(-n2ccnc2-c2cccc(N)c2)n1. The van der Waals surface area contributed by atoms with Crippen LogP contribution in [-0.2, 0) is 0 Å². The van der Waals surface area contributed by atoms with E-state index in [1.54, 1.807) is 12.4 Å². The van der Waals surface area contributed by atoms with Crippen LogP contribution in [0.2, 0.25) is 0 Å². The molecule has 0 amide bonds. The van der Waals surface area contributed by atoms with Crippen molar-refractivity contribution < 1.29 is 0 Å². The Bertz CT molecular complexity index is 765. The second-order valence-electron chi connectivity index (χ2n) is 4.91. The minimum absolute atomic E-state index is 0.617. The number of aromatic nitrogens is 4. The van der Waals surface area contributed by atoms with Gasteiger partial charge in [-0.3, -0.25) is 4.57 Å². The zero-order valence-corrected chi connectivity index (χ0v) is 12.4. The lowest BCUT2D eigenvalue weighted by molar-refractivity contribution is 0.930. The summed E-state index contributed by atoms with van der Waals surface area (Å²) in [6.45, 7) is 2.94. The first-order valence-electron chi connectivity index (χ1n) is 7.24. The Hall–Kier alpha value is -2.89. The van der Waals surface area contributed by atoms with Crippen LogP contribution in [0, 0.1) is 0 Å². The standard InChI is InChI=1S/C16H18N6/c1-2-7-19-16-20-8-6-14(21-16)22-10-9-18-15(22)12-4-3-5-13(17)11-12/h3-6,8-11H,2,7,17H2,1H3,(H,19,20,21). The first-order chi connectivity index (χ1) is 10.8. The molecule has 6 heteroatoms. The van der Waals surface area contributed by atoms with Crippen LogP contribution in [0.15, 0.2) is 48.9 Å². The van der Waals surface area contributed by atoms with Crippen molar-refractivity contribution in [2.75, 3.05) is 17.6 Å². The molecule has 0 aliphatic heterocycles. The van der Waals surface area contributed by atoms with Gasteiger partial charge in [-0.05, 0) is 24.6 Å². The molecule has 3 aromatic rings. The molecule has 0 spiro atoms. The summed E-state index contributed by atoms with van der Waals surface area (Å²) in [6, 6.07) is 9.50. The smallest absolute Gasteiger partial charge is 0.224 e. The lowest BCUT2D eigenvalue weighted by Gasteiger charge is -2.09. The van der Waals surface area contributed by atoms with Crippen LogP contribution in [0.5, 0.6) is 0 Å². The van der Waals surface area contributed by atoms with Gasteiger partial charge in [-0.1, -0.05) is 19.1 Å². The highest BCUT2D eigenvalue weighted by molar-refractivity contribution is 5.63. The Kier molecular flexibility index (Phi) is 4.00. The number of anilines is 2. The molecule has 112 valence electrons. The number of benzene rings is 1. The molecule has 3 N–H and O–H groups in total. The third-order valence-electron chi connectivity index (χ3n) is 3.21. The summed E-state index contributed by atoms with van der Waals surface area (Å²) in [5.41, 5.74) is 7.52. The van der Waals surface area contributed by atoms with E-state index in [-0.39, 0.29) is 0 Å². The van der Waals surface area contributed by atoms with Gasteiger partial charge in [0.1, 0.15) is 11.6 Å². The Morgan fingerprint density at radius 1 is 1.18 bits per heavy atom. The van der Waals surface area contributed by atoms with Crippen molar-refractivity contribution in [3.8, 4) is 17.2 Å². The maximum Gasteiger partial charge on any atom is 0.224 e. The summed E-state index contributed by atoms with van der Waals surface area (Å²) >= 11 is 0. The number of nitrogens with two attached hydrogens (primary N) is 1. The summed E-state index contributed by atoms with van der Waals surface area (Å²) < 4.78 is 1.92. The van der Waals surface area contributed by atoms with Gasteiger partial charge in [0.2, 0.25) is 5.95 Å². The molecular weight excluding hydrogens is 276 g/mol. The van der Waals surface area contributed by atoms with Crippen LogP contribution < -0.4 is 11.1 Å². The maximum absolute atomic E-state index is 5.86. The third kappa shape index (κ3) is 2.90. The number of nitrogens with one attached hydrogen (secondary N) is 1. The van der Waals surface area contributed by atoms with Crippen LogP contribution in [-0.4, -0.2) is 26.1 Å². The molecule has 0 fully saturated rings. The summed E-state index contributed by atoms with van der Waals surface area (Å²) in [5, 5.41) is 3.19. The molecule has 0 aliphatic rings. The Morgan fingerprint density at radius 3 is 2.91 bits per heavy atom. The maximum atomic E-state index is 5.86. The molecule has 0 atom stereocenters. The minimum Gasteiger partial charge on any atom is -0.399 e. The molecule has 2 heterocycles. The fourth-order valence-corrected chi connectivity index (χ4v) is 2.18. The fraction of sp³-hybridized carbons (Fsp3) is 0.188. The van der Waals surface area contributed by atoms with Gasteiger partial charge < -0.3 is 11.1 Å². The van der Waals surface area contributed by atoms with Crippen molar-refractivity contribution in [2.24, 2.45) is 0 Å². The van der Waals surface area contributed by atoms with E-state index in [1.807, 2.05) is 41.1 Å². The number of nitrogen functional groups attached to an aromatic ring is 1. The zero-order chi connectivity index (χ0) is 15.4. The third-order valence-corrected chi connectivity index (χ3v) is 3.21. The predicted molar refractivity (Wildman–Crippen MR) is 87.8 cm³/mol. The second-order valence-corrected chi connectivity index (χ2v) is 4.91. The topological polar surface area (TPSA) is 81.7 Å². The molecule has 0 bridgehead atoms. The molecule has 22 heavy (non-hydrogen) atoms. The Labute approximate surface area is 129 Å². The van der Waals surface area contributed by atoms with E-state index in [0.717, 1.165) is 30.2 Å². The number of hydrogen-bond acceptors (Lipinski definition) is 5. The molecule has 0 aliphatic carbocycles. The number of rotatable bonds is 5. The molecule has 2 aromatic heterocycles. The predicted octanol–water partition coefficient (Wildman–Crippen LogP) is 2.73. The van der Waals surface area contributed by atoms with E-state index in [9.17, 15) is 0 Å². The first-order valence-corrected chi connectivity index (χ1v) is 7.24. The van der Waals surface area contributed by atoms with Crippen molar-refractivity contribution in [3.05, 3.63) is 48.9 Å². The normalized spacial score (nSPS) is 10.6. The van der Waals surface area contributed by atoms with Crippen molar-refractivity contribution in [2.45, 2.75) is 13.3 Å². The van der Waals surface area contributed by atoms with Crippen molar-refractivity contribution >= 4 is 11.6 Å². The molecule has 3 rings (SSSR count). The van der Waals surface area contributed by atoms with E-state index in [1.165, 1.54) is 0 Å². The van der Waals surface area contributed by atoms with Crippen molar-refractivity contribution in [3.63, 3.8) is 0 Å². The Morgan fingerprint density at radius 2 is 2.09 bits per heavy atom. The van der Waals surface area contributed by atoms with Crippen molar-refractivity contribution in [1.29, 1.82) is 0 Å². The molecule has 0 radical (unpaired) electrons. The van der Waals surface area contributed by atoms with Crippen molar-refractivity contribution in [1.82, 2.24) is 19.5 Å². The van der Waals surface area contributed by atoms with Crippen LogP contribution in [0.25, 0.3) is 17.2 Å². The van der Waals surface area contributed by atoms with E-state index in [2.05, 4.69) is 27.2 Å². The minimum atomic E-state index is 0.617. The molecule has 1 aromatic carbocycles. The van der Waals surface area contributed by atoms with Gasteiger partial charge in [-0.25, -0.2) is 9.97 Å². The van der Waals surface area contributed by atoms with E-state index >= 15 is 0 Å². The van der Waals surface area contributed by atoms with Gasteiger partial charge >= 0.3 is 0 Å². The average Bonchev–Trinajstić information content (AvgIpc) is 3.03. The number of hydrogen-bond donors (Lipinski definition) is 2. The first kappa shape index (κ1) is 14.1. The second kappa shape index (κ2) is 6.26. The van der Waals surface area contributed by atoms with Gasteiger partial charge in [-0.2, -0.15) is 4.98 Å². The van der Waals surface area contributed by atoms with Gasteiger partial charge in [-0.15, -0.1) is 0 Å². The molecule has 0 saturated carbocycles. The van der Waals surface area contributed by atoms with Gasteiger partial charge in [0.15, 0.2) is 0 Å². The molecule has 6 nitrogen and oxygen atoms in total. The van der Waals surface area contributed by atoms with E-state index in [0.29, 0.717) is 11.6 Å². The largest absolute Gasteiger partial charge is 0.399 e. The summed E-state index contributed by atoms with van der Waals surface area (Å²) in [7, 11) is 0. The highest BCUT2D eigenvalue weighted by Gasteiger charge is 2.09. The van der Waals surface area contributed by atoms with E-state index < -0.39 is 0 Å². The van der Waals surface area contributed by atoms with Crippen LogP contribution in [0.1, 0.15) is 13.3 Å². The number of imidazole rings is 1. The summed E-state index contributed by atoms with van der Waals surface area (Å²) in [6.07, 6.45) is 6.39. The van der Waals surface area contributed by atoms with Gasteiger partial charge in [0, 0.05) is 36.4 Å². The summed E-state index contributed by atoms with van der Waals surface area (Å²) in [5.74, 6) is 2.18. The molecule has 0 unspecified atom stereocenters. The van der Waals surface area contributed by atoms with Crippen LogP contribution >= 0.6 is 0 Å². The quantitative estimate of drug-likeness (QED) is 0.707. The monoisotopic (exact) mass is 294 g/mol. The molecule has 0 saturated heterocycles. The van der Waals surface area contributed by atoms with Gasteiger partial charge in [0.05, 0.1) is 0 Å². The number of nitrogens with zero attached hydrogens (tertiary/aromatic N) is 4. The van der Waals surface area contributed by atoms with E-state index in [4.69, 9.17) is 5.73 Å².